The molecule has 1 heterocycles. The Morgan fingerprint density at radius 3 is 2.54 bits per heavy atom. The molecule has 2 N–H and O–H groups in total. The lowest BCUT2D eigenvalue weighted by Gasteiger charge is -2.34. The quantitative estimate of drug-likeness (QED) is 0.831. The van der Waals surface area contributed by atoms with E-state index in [1.807, 2.05) is 0 Å². The first-order valence-corrected chi connectivity index (χ1v) is 7.65. The fraction of sp³-hybridized carbons (Fsp3) is 0.111. The number of benzene rings is 2. The highest BCUT2D eigenvalue weighted by atomic mass is 35.5. The van der Waals surface area contributed by atoms with Gasteiger partial charge >= 0.3 is 6.03 Å². The van der Waals surface area contributed by atoms with Crippen molar-refractivity contribution >= 4 is 23.4 Å². The lowest BCUT2D eigenvalue weighted by Crippen LogP contribution is -2.50. The fourth-order valence-electron chi connectivity index (χ4n) is 2.76. The highest BCUT2D eigenvalue weighted by molar-refractivity contribution is 6.30. The molecule has 2 atom stereocenters. The van der Waals surface area contributed by atoms with E-state index in [0.717, 1.165) is 0 Å². The number of hydrogen-bond acceptors (Lipinski definition) is 2. The smallest absolute Gasteiger partial charge is 0.319 e. The van der Waals surface area contributed by atoms with Crippen molar-refractivity contribution in [3.05, 3.63) is 82.8 Å². The van der Waals surface area contributed by atoms with Gasteiger partial charge in [-0.1, -0.05) is 30.3 Å². The van der Waals surface area contributed by atoms with Gasteiger partial charge < -0.3 is 10.6 Å². The predicted molar refractivity (Wildman–Crippen MR) is 89.2 cm³/mol. The topological polar surface area (TPSA) is 58.2 Å². The van der Waals surface area contributed by atoms with E-state index in [1.165, 1.54) is 18.2 Å². The molecule has 0 unspecified atom stereocenters. The first-order chi connectivity index (χ1) is 11.5. The zero-order valence-corrected chi connectivity index (χ0v) is 13.3. The van der Waals surface area contributed by atoms with Gasteiger partial charge in [-0.2, -0.15) is 0 Å². The van der Waals surface area contributed by atoms with Crippen LogP contribution < -0.4 is 10.6 Å². The fourth-order valence-corrected chi connectivity index (χ4v) is 2.89. The number of rotatable bonds is 3. The van der Waals surface area contributed by atoms with Crippen molar-refractivity contribution in [2.24, 2.45) is 5.92 Å². The lowest BCUT2D eigenvalue weighted by atomic mass is 9.83. The summed E-state index contributed by atoms with van der Waals surface area (Å²) in [5.41, 5.74) is 1.20. The van der Waals surface area contributed by atoms with E-state index in [1.54, 1.807) is 30.3 Å². The molecule has 0 aromatic heterocycles. The molecular formula is C18H14ClFN2O2. The van der Waals surface area contributed by atoms with Crippen LogP contribution in [0.25, 0.3) is 0 Å². The number of amides is 2. The molecule has 2 aromatic rings. The van der Waals surface area contributed by atoms with Crippen molar-refractivity contribution in [1.29, 1.82) is 0 Å². The van der Waals surface area contributed by atoms with Gasteiger partial charge in [0.2, 0.25) is 0 Å². The third kappa shape index (κ3) is 3.16. The maximum absolute atomic E-state index is 13.6. The zero-order valence-electron chi connectivity index (χ0n) is 12.6. The summed E-state index contributed by atoms with van der Waals surface area (Å²) in [7, 11) is 0. The van der Waals surface area contributed by atoms with Crippen molar-refractivity contribution in [1.82, 2.24) is 10.6 Å². The first-order valence-electron chi connectivity index (χ1n) is 7.27. The Morgan fingerprint density at radius 1 is 1.17 bits per heavy atom. The Kier molecular flexibility index (Phi) is 4.36. The molecule has 1 fully saturated rings. The maximum Gasteiger partial charge on any atom is 0.319 e. The predicted octanol–water partition coefficient (Wildman–Crippen LogP) is 3.85. The molecule has 1 aliphatic rings. The van der Waals surface area contributed by atoms with Crippen LogP contribution in [-0.2, 0) is 0 Å². The second-order valence-electron chi connectivity index (χ2n) is 5.51. The molecule has 6 heteroatoms. The van der Waals surface area contributed by atoms with E-state index in [-0.39, 0.29) is 11.5 Å². The van der Waals surface area contributed by atoms with Gasteiger partial charge in [-0.25, -0.2) is 9.18 Å². The largest absolute Gasteiger partial charge is 0.330 e. The summed E-state index contributed by atoms with van der Waals surface area (Å²) < 4.78 is 13.6. The van der Waals surface area contributed by atoms with Gasteiger partial charge in [-0.3, -0.25) is 4.79 Å². The second-order valence-corrected chi connectivity index (χ2v) is 5.94. The summed E-state index contributed by atoms with van der Waals surface area (Å²) >= 11 is 5.85. The molecule has 2 aromatic carbocycles. The van der Waals surface area contributed by atoms with Crippen LogP contribution in [0.15, 0.2) is 60.8 Å². The molecule has 1 aliphatic heterocycles. The van der Waals surface area contributed by atoms with Crippen LogP contribution in [0.2, 0.25) is 5.02 Å². The number of nitrogens with one attached hydrogen (secondary N) is 2. The summed E-state index contributed by atoms with van der Waals surface area (Å²) in [6, 6.07) is 11.1. The van der Waals surface area contributed by atoms with Gasteiger partial charge in [0, 0.05) is 16.3 Å². The molecule has 3 rings (SSSR count). The third-order valence-corrected chi connectivity index (χ3v) is 4.14. The first kappa shape index (κ1) is 16.2. The molecule has 24 heavy (non-hydrogen) atoms. The Labute approximate surface area is 143 Å². The normalized spacial score (nSPS) is 20.2. The highest BCUT2D eigenvalue weighted by Gasteiger charge is 2.38. The number of halogens is 2. The van der Waals surface area contributed by atoms with Crippen LogP contribution in [0.5, 0.6) is 0 Å². The number of ketones is 1. The van der Waals surface area contributed by atoms with Crippen molar-refractivity contribution in [2.75, 3.05) is 0 Å². The van der Waals surface area contributed by atoms with Crippen molar-refractivity contribution in [2.45, 2.75) is 6.04 Å². The van der Waals surface area contributed by atoms with Crippen LogP contribution in [0, 0.1) is 11.7 Å². The lowest BCUT2D eigenvalue weighted by molar-refractivity contribution is 0.0905. The SMILES string of the molecule is C=C1NC(=O)N[C@@H](c2cccc(F)c2)[C@@H]1C(=O)c1ccc(Cl)cc1. The van der Waals surface area contributed by atoms with Gasteiger partial charge in [0.05, 0.1) is 12.0 Å². The Morgan fingerprint density at radius 2 is 1.88 bits per heavy atom. The molecular weight excluding hydrogens is 331 g/mol. The van der Waals surface area contributed by atoms with Crippen LogP contribution in [0.1, 0.15) is 22.0 Å². The Hall–Kier alpha value is -2.66. The standard InChI is InChI=1S/C18H14ClFN2O2/c1-10-15(17(23)11-5-7-13(19)8-6-11)16(22-18(24)21-10)12-3-2-4-14(20)9-12/h2-9,15-16H,1H2,(H2,21,22,24)/t15-,16+/m1/s1. The summed E-state index contributed by atoms with van der Waals surface area (Å²) in [5.74, 6) is -1.44. The summed E-state index contributed by atoms with van der Waals surface area (Å²) in [6.45, 7) is 3.80. The van der Waals surface area contributed by atoms with Crippen molar-refractivity contribution in [3.8, 4) is 0 Å². The van der Waals surface area contributed by atoms with Crippen LogP contribution in [0.3, 0.4) is 0 Å². The second kappa shape index (κ2) is 6.45. The van der Waals surface area contributed by atoms with E-state index in [4.69, 9.17) is 11.6 Å². The van der Waals surface area contributed by atoms with E-state index in [0.29, 0.717) is 16.1 Å². The molecule has 0 aliphatic carbocycles. The maximum atomic E-state index is 13.6. The van der Waals surface area contributed by atoms with Gasteiger partial charge in [-0.15, -0.1) is 0 Å². The Bertz CT molecular complexity index is 820. The molecule has 0 bridgehead atoms. The van der Waals surface area contributed by atoms with Crippen LogP contribution in [-0.4, -0.2) is 11.8 Å². The summed E-state index contributed by atoms with van der Waals surface area (Å²) in [4.78, 5) is 24.7. The van der Waals surface area contributed by atoms with E-state index in [9.17, 15) is 14.0 Å². The molecule has 0 spiro atoms. The minimum absolute atomic E-state index is 0.238. The average Bonchev–Trinajstić information content (AvgIpc) is 2.54. The van der Waals surface area contributed by atoms with Gasteiger partial charge in [0.15, 0.2) is 5.78 Å². The minimum Gasteiger partial charge on any atom is -0.330 e. The molecule has 0 radical (unpaired) electrons. The highest BCUT2D eigenvalue weighted by Crippen LogP contribution is 2.32. The molecule has 122 valence electrons. The van der Waals surface area contributed by atoms with E-state index < -0.39 is 23.8 Å². The van der Waals surface area contributed by atoms with E-state index >= 15 is 0 Å². The number of urea groups is 1. The summed E-state index contributed by atoms with van der Waals surface area (Å²) in [6.07, 6.45) is 0. The van der Waals surface area contributed by atoms with Gasteiger partial charge in [0.1, 0.15) is 5.82 Å². The molecule has 2 amide bonds. The molecule has 0 saturated carbocycles. The number of hydrogen-bond donors (Lipinski definition) is 2. The minimum atomic E-state index is -0.759. The van der Waals surface area contributed by atoms with Crippen LogP contribution >= 0.6 is 11.6 Å². The number of Topliss-reactive ketones (excluding diaryl/α,β-unsaturated/α-hetero) is 1. The Balaban J connectivity index is 2.00. The number of carbonyl (C=O) groups excluding carboxylic acids is 2. The number of carbonyl (C=O) groups is 2. The van der Waals surface area contributed by atoms with Crippen LogP contribution in [0.4, 0.5) is 9.18 Å². The summed E-state index contributed by atoms with van der Waals surface area (Å²) in [5, 5.41) is 5.71. The van der Waals surface area contributed by atoms with Crippen molar-refractivity contribution < 1.29 is 14.0 Å². The average molecular weight is 345 g/mol. The zero-order chi connectivity index (χ0) is 17.3. The molecule has 1 saturated heterocycles. The monoisotopic (exact) mass is 344 g/mol. The third-order valence-electron chi connectivity index (χ3n) is 3.89. The van der Waals surface area contributed by atoms with Gasteiger partial charge in [-0.05, 0) is 42.0 Å². The molecule has 4 nitrogen and oxygen atoms in total. The van der Waals surface area contributed by atoms with E-state index in [2.05, 4.69) is 17.2 Å². The van der Waals surface area contributed by atoms with Gasteiger partial charge in [0.25, 0.3) is 0 Å². The van der Waals surface area contributed by atoms with Crippen molar-refractivity contribution in [3.63, 3.8) is 0 Å².